The summed E-state index contributed by atoms with van der Waals surface area (Å²) in [5.74, 6) is 0.427. The van der Waals surface area contributed by atoms with Crippen LogP contribution in [0.15, 0.2) is 75.8 Å². The van der Waals surface area contributed by atoms with Gasteiger partial charge in [0.05, 0.1) is 11.2 Å². The Hall–Kier alpha value is -3.19. The molecule has 2 aromatic carbocycles. The highest BCUT2D eigenvalue weighted by atomic mass is 79.9. The van der Waals surface area contributed by atoms with Gasteiger partial charge >= 0.3 is 0 Å². The smallest absolute Gasteiger partial charge is 0.291 e. The molecule has 0 saturated carbocycles. The molecule has 2 aromatic heterocycles. The second-order valence-electron chi connectivity index (χ2n) is 5.96. The first kappa shape index (κ1) is 18.2. The van der Waals surface area contributed by atoms with Crippen LogP contribution in [0, 0.1) is 5.82 Å². The lowest BCUT2D eigenvalue weighted by Gasteiger charge is -2.08. The quantitative estimate of drug-likeness (QED) is 0.441. The normalized spacial score (nSPS) is 10.8. The van der Waals surface area contributed by atoms with E-state index in [2.05, 4.69) is 26.2 Å². The second kappa shape index (κ2) is 7.82. The van der Waals surface area contributed by atoms with Gasteiger partial charge in [-0.1, -0.05) is 22.0 Å². The van der Waals surface area contributed by atoms with E-state index in [-0.39, 0.29) is 24.1 Å². The van der Waals surface area contributed by atoms with Gasteiger partial charge < -0.3 is 14.5 Å². The molecule has 28 heavy (non-hydrogen) atoms. The number of hydrogen-bond donors (Lipinski definition) is 1. The van der Waals surface area contributed by atoms with Crippen LogP contribution >= 0.6 is 15.9 Å². The van der Waals surface area contributed by atoms with Crippen molar-refractivity contribution in [2.45, 2.75) is 6.61 Å². The standard InChI is InChI=1S/C21H14BrFN2O3/c22-17-8-9-18(20-16(17)2-1-11-24-20)25-21(26)19-10-7-15(28-19)12-27-14-5-3-13(23)4-6-14/h1-11H,12H2,(H,25,26). The summed E-state index contributed by atoms with van der Waals surface area (Å²) in [4.78, 5) is 16.9. The van der Waals surface area contributed by atoms with E-state index in [1.807, 2.05) is 18.2 Å². The van der Waals surface area contributed by atoms with Crippen LogP contribution in [0.1, 0.15) is 16.3 Å². The Morgan fingerprint density at radius 1 is 1.11 bits per heavy atom. The van der Waals surface area contributed by atoms with Gasteiger partial charge in [-0.3, -0.25) is 9.78 Å². The van der Waals surface area contributed by atoms with Crippen molar-refractivity contribution >= 4 is 38.4 Å². The topological polar surface area (TPSA) is 64.4 Å². The molecule has 5 nitrogen and oxygen atoms in total. The summed E-state index contributed by atoms with van der Waals surface area (Å²) in [6, 6.07) is 16.3. The maximum absolute atomic E-state index is 12.9. The van der Waals surface area contributed by atoms with Crippen molar-refractivity contribution < 1.29 is 18.3 Å². The Labute approximate surface area is 168 Å². The van der Waals surface area contributed by atoms with Gasteiger partial charge in [0, 0.05) is 16.1 Å². The Bertz CT molecular complexity index is 1140. The molecule has 0 aliphatic heterocycles. The van der Waals surface area contributed by atoms with Crippen LogP contribution in [0.2, 0.25) is 0 Å². The minimum atomic E-state index is -0.387. The highest BCUT2D eigenvalue weighted by Gasteiger charge is 2.14. The summed E-state index contributed by atoms with van der Waals surface area (Å²) < 4.78 is 24.9. The van der Waals surface area contributed by atoms with Crippen molar-refractivity contribution in [3.05, 3.63) is 88.7 Å². The number of aromatic nitrogens is 1. The summed E-state index contributed by atoms with van der Waals surface area (Å²) in [6.45, 7) is 0.127. The van der Waals surface area contributed by atoms with Gasteiger partial charge in [0.2, 0.25) is 0 Å². The number of hydrogen-bond acceptors (Lipinski definition) is 4. The number of anilines is 1. The Morgan fingerprint density at radius 3 is 2.75 bits per heavy atom. The minimum absolute atomic E-state index is 0.127. The third kappa shape index (κ3) is 3.89. The number of benzene rings is 2. The van der Waals surface area contributed by atoms with Crippen molar-refractivity contribution in [1.82, 2.24) is 4.98 Å². The van der Waals surface area contributed by atoms with Crippen LogP contribution in [0.25, 0.3) is 10.9 Å². The highest BCUT2D eigenvalue weighted by molar-refractivity contribution is 9.10. The number of carbonyl (C=O) groups is 1. The van der Waals surface area contributed by atoms with Gasteiger partial charge in [0.25, 0.3) is 5.91 Å². The number of nitrogens with zero attached hydrogens (tertiary/aromatic N) is 1. The number of pyridine rings is 1. The lowest BCUT2D eigenvalue weighted by atomic mass is 10.2. The fourth-order valence-corrected chi connectivity index (χ4v) is 3.14. The fourth-order valence-electron chi connectivity index (χ4n) is 2.69. The average molecular weight is 441 g/mol. The maximum atomic E-state index is 12.9. The zero-order valence-corrected chi connectivity index (χ0v) is 16.1. The molecule has 0 radical (unpaired) electrons. The van der Waals surface area contributed by atoms with Gasteiger partial charge in [-0.25, -0.2) is 4.39 Å². The SMILES string of the molecule is O=C(Nc1ccc(Br)c2cccnc12)c1ccc(COc2ccc(F)cc2)o1. The number of rotatable bonds is 5. The summed E-state index contributed by atoms with van der Waals surface area (Å²) in [5, 5.41) is 3.72. The molecular formula is C21H14BrFN2O3. The predicted molar refractivity (Wildman–Crippen MR) is 107 cm³/mol. The molecule has 0 spiro atoms. The van der Waals surface area contributed by atoms with E-state index in [0.717, 1.165) is 9.86 Å². The summed E-state index contributed by atoms with van der Waals surface area (Å²) in [6.07, 6.45) is 1.67. The lowest BCUT2D eigenvalue weighted by molar-refractivity contribution is 0.0992. The number of halogens is 2. The van der Waals surface area contributed by atoms with Crippen LogP contribution in [-0.2, 0) is 6.61 Å². The zero-order valence-electron chi connectivity index (χ0n) is 14.5. The first-order valence-corrected chi connectivity index (χ1v) is 9.21. The number of fused-ring (bicyclic) bond motifs is 1. The van der Waals surface area contributed by atoms with E-state index >= 15 is 0 Å². The lowest BCUT2D eigenvalue weighted by Crippen LogP contribution is -2.11. The van der Waals surface area contributed by atoms with E-state index in [1.54, 1.807) is 24.4 Å². The maximum Gasteiger partial charge on any atom is 0.291 e. The Kier molecular flexibility index (Phi) is 5.08. The van der Waals surface area contributed by atoms with Crippen molar-refractivity contribution in [1.29, 1.82) is 0 Å². The van der Waals surface area contributed by atoms with E-state index in [1.165, 1.54) is 24.3 Å². The van der Waals surface area contributed by atoms with Crippen molar-refractivity contribution in [3.63, 3.8) is 0 Å². The fraction of sp³-hybridized carbons (Fsp3) is 0.0476. The third-order valence-electron chi connectivity index (χ3n) is 4.04. The molecule has 4 rings (SSSR count). The van der Waals surface area contributed by atoms with E-state index in [4.69, 9.17) is 9.15 Å². The van der Waals surface area contributed by atoms with Crippen molar-refractivity contribution in [2.75, 3.05) is 5.32 Å². The molecule has 0 atom stereocenters. The van der Waals surface area contributed by atoms with Gasteiger partial charge in [0.15, 0.2) is 5.76 Å². The first-order chi connectivity index (χ1) is 13.6. The summed E-state index contributed by atoms with van der Waals surface area (Å²) >= 11 is 3.48. The van der Waals surface area contributed by atoms with Gasteiger partial charge in [0.1, 0.15) is 23.9 Å². The molecular weight excluding hydrogens is 427 g/mol. The van der Waals surface area contributed by atoms with Crippen LogP contribution in [0.3, 0.4) is 0 Å². The van der Waals surface area contributed by atoms with Crippen LogP contribution in [0.5, 0.6) is 5.75 Å². The molecule has 0 saturated heterocycles. The second-order valence-corrected chi connectivity index (χ2v) is 6.81. The van der Waals surface area contributed by atoms with Crippen molar-refractivity contribution in [2.24, 2.45) is 0 Å². The molecule has 1 N–H and O–H groups in total. The molecule has 140 valence electrons. The molecule has 0 bridgehead atoms. The molecule has 0 aliphatic rings. The van der Waals surface area contributed by atoms with Crippen LogP contribution < -0.4 is 10.1 Å². The highest BCUT2D eigenvalue weighted by Crippen LogP contribution is 2.28. The van der Waals surface area contributed by atoms with Gasteiger partial charge in [-0.05, 0) is 54.6 Å². The summed E-state index contributed by atoms with van der Waals surface area (Å²) in [7, 11) is 0. The molecule has 1 amide bonds. The van der Waals surface area contributed by atoms with Gasteiger partial charge in [-0.15, -0.1) is 0 Å². The molecule has 0 unspecified atom stereocenters. The molecule has 0 fully saturated rings. The number of ether oxygens (including phenoxy) is 1. The Balaban J connectivity index is 1.46. The number of nitrogens with one attached hydrogen (secondary N) is 1. The zero-order chi connectivity index (χ0) is 19.5. The molecule has 2 heterocycles. The van der Waals surface area contributed by atoms with E-state index < -0.39 is 0 Å². The molecule has 0 aliphatic carbocycles. The molecule has 7 heteroatoms. The van der Waals surface area contributed by atoms with Gasteiger partial charge in [-0.2, -0.15) is 0 Å². The van der Waals surface area contributed by atoms with E-state index in [9.17, 15) is 9.18 Å². The van der Waals surface area contributed by atoms with Crippen LogP contribution in [-0.4, -0.2) is 10.9 Å². The first-order valence-electron chi connectivity index (χ1n) is 8.42. The number of furan rings is 1. The monoisotopic (exact) mass is 440 g/mol. The third-order valence-corrected chi connectivity index (χ3v) is 4.74. The summed E-state index contributed by atoms with van der Waals surface area (Å²) in [5.41, 5.74) is 1.26. The largest absolute Gasteiger partial charge is 0.486 e. The van der Waals surface area contributed by atoms with Crippen LogP contribution in [0.4, 0.5) is 10.1 Å². The van der Waals surface area contributed by atoms with E-state index in [0.29, 0.717) is 22.7 Å². The number of amides is 1. The van der Waals surface area contributed by atoms with Crippen molar-refractivity contribution in [3.8, 4) is 5.75 Å². The minimum Gasteiger partial charge on any atom is -0.486 e. The average Bonchev–Trinajstić information content (AvgIpc) is 3.19. The molecule has 4 aromatic rings. The number of carbonyl (C=O) groups excluding carboxylic acids is 1. The predicted octanol–water partition coefficient (Wildman–Crippen LogP) is 5.56. The Morgan fingerprint density at radius 2 is 1.93 bits per heavy atom.